The molecule has 5 heteroatoms. The highest BCUT2D eigenvalue weighted by Crippen LogP contribution is 2.21. The molecule has 0 heterocycles. The van der Waals surface area contributed by atoms with E-state index in [1.165, 1.54) is 6.07 Å². The lowest BCUT2D eigenvalue weighted by molar-refractivity contribution is -0.121. The molecule has 0 saturated carbocycles. The Morgan fingerprint density at radius 2 is 2.05 bits per heavy atom. The van der Waals surface area contributed by atoms with Crippen LogP contribution in [-0.2, 0) is 4.79 Å². The van der Waals surface area contributed by atoms with Crippen molar-refractivity contribution in [3.05, 3.63) is 34.1 Å². The second-order valence-electron chi connectivity index (χ2n) is 5.29. The van der Waals surface area contributed by atoms with Crippen molar-refractivity contribution < 1.29 is 9.18 Å². The fourth-order valence-electron chi connectivity index (χ4n) is 1.76. The average molecular weight is 345 g/mol. The van der Waals surface area contributed by atoms with Gasteiger partial charge in [-0.1, -0.05) is 29.8 Å². The van der Waals surface area contributed by atoms with Crippen molar-refractivity contribution in [2.24, 2.45) is 5.92 Å². The molecule has 0 aliphatic rings. The van der Waals surface area contributed by atoms with Crippen LogP contribution in [0.5, 0.6) is 0 Å². The van der Waals surface area contributed by atoms with E-state index in [2.05, 4.69) is 40.4 Å². The highest BCUT2D eigenvalue weighted by atomic mass is 79.9. The fourth-order valence-corrected chi connectivity index (χ4v) is 2.14. The summed E-state index contributed by atoms with van der Waals surface area (Å²) in [6, 6.07) is 4.73. The Balaban J connectivity index is 2.38. The zero-order valence-electron chi connectivity index (χ0n) is 12.2. The predicted molar refractivity (Wildman–Crippen MR) is 83.0 cm³/mol. The lowest BCUT2D eigenvalue weighted by Gasteiger charge is -2.15. The summed E-state index contributed by atoms with van der Waals surface area (Å²) in [6.07, 6.45) is 0.396. The standard InChI is InChI=1S/C15H22BrFN2O/c1-10(2)9-19-15(20)6-7-18-11(3)13-8-12(16)4-5-14(13)17/h4-5,8,10-11,18H,6-7,9H2,1-3H3,(H,19,20). The Morgan fingerprint density at radius 3 is 2.70 bits per heavy atom. The summed E-state index contributed by atoms with van der Waals surface area (Å²) < 4.78 is 14.5. The van der Waals surface area contributed by atoms with Gasteiger partial charge in [0.15, 0.2) is 0 Å². The number of amides is 1. The molecule has 0 aromatic heterocycles. The van der Waals surface area contributed by atoms with Gasteiger partial charge in [0.25, 0.3) is 0 Å². The van der Waals surface area contributed by atoms with Gasteiger partial charge >= 0.3 is 0 Å². The summed E-state index contributed by atoms with van der Waals surface area (Å²) in [5, 5.41) is 6.02. The van der Waals surface area contributed by atoms with Gasteiger partial charge in [0.05, 0.1) is 0 Å². The van der Waals surface area contributed by atoms with Crippen molar-refractivity contribution in [1.82, 2.24) is 10.6 Å². The minimum atomic E-state index is -0.238. The van der Waals surface area contributed by atoms with Crippen LogP contribution in [0.25, 0.3) is 0 Å². The SMILES string of the molecule is CC(C)CNC(=O)CCNC(C)c1cc(Br)ccc1F. The van der Waals surface area contributed by atoms with Crippen LogP contribution in [0.1, 0.15) is 38.8 Å². The zero-order valence-corrected chi connectivity index (χ0v) is 13.8. The molecule has 0 aliphatic heterocycles. The van der Waals surface area contributed by atoms with Crippen molar-refractivity contribution in [2.75, 3.05) is 13.1 Å². The minimum absolute atomic E-state index is 0.0214. The molecule has 1 atom stereocenters. The van der Waals surface area contributed by atoms with E-state index in [-0.39, 0.29) is 17.8 Å². The van der Waals surface area contributed by atoms with Gasteiger partial charge in [-0.2, -0.15) is 0 Å². The van der Waals surface area contributed by atoms with Crippen molar-refractivity contribution in [3.8, 4) is 0 Å². The largest absolute Gasteiger partial charge is 0.356 e. The van der Waals surface area contributed by atoms with Gasteiger partial charge in [0, 0.05) is 35.6 Å². The number of benzene rings is 1. The van der Waals surface area contributed by atoms with Gasteiger partial charge in [-0.05, 0) is 31.0 Å². The van der Waals surface area contributed by atoms with Gasteiger partial charge < -0.3 is 10.6 Å². The van der Waals surface area contributed by atoms with E-state index < -0.39 is 0 Å². The Hall–Kier alpha value is -0.940. The van der Waals surface area contributed by atoms with E-state index in [0.717, 1.165) is 4.47 Å². The first-order valence-electron chi connectivity index (χ1n) is 6.85. The first kappa shape index (κ1) is 17.1. The monoisotopic (exact) mass is 344 g/mol. The van der Waals surface area contributed by atoms with Crippen LogP contribution in [0, 0.1) is 11.7 Å². The summed E-state index contributed by atoms with van der Waals surface area (Å²) in [4.78, 5) is 11.6. The van der Waals surface area contributed by atoms with E-state index >= 15 is 0 Å². The first-order chi connectivity index (χ1) is 9.40. The molecular weight excluding hydrogens is 323 g/mol. The molecule has 1 unspecified atom stereocenters. The molecule has 1 aromatic carbocycles. The van der Waals surface area contributed by atoms with Crippen molar-refractivity contribution in [1.29, 1.82) is 0 Å². The fraction of sp³-hybridized carbons (Fsp3) is 0.533. The summed E-state index contributed by atoms with van der Waals surface area (Å²) in [5.74, 6) is 0.229. The van der Waals surface area contributed by atoms with Gasteiger partial charge in [0.1, 0.15) is 5.82 Å². The topological polar surface area (TPSA) is 41.1 Å². The Bertz CT molecular complexity index is 451. The molecule has 0 bridgehead atoms. The lowest BCUT2D eigenvalue weighted by atomic mass is 10.1. The normalized spacial score (nSPS) is 12.5. The molecule has 0 aliphatic carbocycles. The van der Waals surface area contributed by atoms with Crippen LogP contribution in [-0.4, -0.2) is 19.0 Å². The Kier molecular flexibility index (Phi) is 7.16. The van der Waals surface area contributed by atoms with E-state index in [9.17, 15) is 9.18 Å². The molecule has 0 fully saturated rings. The summed E-state index contributed by atoms with van der Waals surface area (Å²) in [6.45, 7) is 7.20. The van der Waals surface area contributed by atoms with E-state index in [0.29, 0.717) is 31.0 Å². The molecule has 1 aromatic rings. The molecule has 1 amide bonds. The molecule has 20 heavy (non-hydrogen) atoms. The van der Waals surface area contributed by atoms with Crippen molar-refractivity contribution >= 4 is 21.8 Å². The van der Waals surface area contributed by atoms with Crippen LogP contribution in [0.15, 0.2) is 22.7 Å². The maximum absolute atomic E-state index is 13.7. The third-order valence-corrected chi connectivity index (χ3v) is 3.43. The number of rotatable bonds is 7. The molecule has 2 N–H and O–H groups in total. The minimum Gasteiger partial charge on any atom is -0.356 e. The van der Waals surface area contributed by atoms with Crippen LogP contribution < -0.4 is 10.6 Å². The highest BCUT2D eigenvalue weighted by molar-refractivity contribution is 9.10. The second-order valence-corrected chi connectivity index (χ2v) is 6.21. The Morgan fingerprint density at radius 1 is 1.35 bits per heavy atom. The zero-order chi connectivity index (χ0) is 15.1. The highest BCUT2D eigenvalue weighted by Gasteiger charge is 2.11. The average Bonchev–Trinajstić information content (AvgIpc) is 2.39. The number of carbonyl (C=O) groups is 1. The van der Waals surface area contributed by atoms with E-state index in [4.69, 9.17) is 0 Å². The number of nitrogens with one attached hydrogen (secondary N) is 2. The molecule has 1 rings (SSSR count). The lowest BCUT2D eigenvalue weighted by Crippen LogP contribution is -2.31. The van der Waals surface area contributed by atoms with Crippen LogP contribution in [0.2, 0.25) is 0 Å². The second kappa shape index (κ2) is 8.37. The molecule has 0 saturated heterocycles. The first-order valence-corrected chi connectivity index (χ1v) is 7.64. The number of hydrogen-bond donors (Lipinski definition) is 2. The molecule has 112 valence electrons. The van der Waals surface area contributed by atoms with Gasteiger partial charge in [0.2, 0.25) is 5.91 Å². The van der Waals surface area contributed by atoms with Crippen molar-refractivity contribution in [3.63, 3.8) is 0 Å². The summed E-state index contributed by atoms with van der Waals surface area (Å²) in [7, 11) is 0. The van der Waals surface area contributed by atoms with Crippen LogP contribution in [0.3, 0.4) is 0 Å². The predicted octanol–water partition coefficient (Wildman–Crippen LogP) is 3.40. The van der Waals surface area contributed by atoms with E-state index in [1.807, 2.05) is 6.92 Å². The van der Waals surface area contributed by atoms with Crippen molar-refractivity contribution in [2.45, 2.75) is 33.2 Å². The number of hydrogen-bond acceptors (Lipinski definition) is 2. The summed E-state index contributed by atoms with van der Waals surface area (Å²) in [5.41, 5.74) is 0.599. The van der Waals surface area contributed by atoms with Gasteiger partial charge in [-0.15, -0.1) is 0 Å². The van der Waals surface area contributed by atoms with Crippen LogP contribution in [0.4, 0.5) is 4.39 Å². The third-order valence-electron chi connectivity index (χ3n) is 2.93. The number of carbonyl (C=O) groups excluding carboxylic acids is 1. The van der Waals surface area contributed by atoms with Gasteiger partial charge in [-0.25, -0.2) is 4.39 Å². The molecule has 0 radical (unpaired) electrons. The Labute approximate surface area is 128 Å². The third kappa shape index (κ3) is 6.01. The quantitative estimate of drug-likeness (QED) is 0.795. The molecule has 3 nitrogen and oxygen atoms in total. The maximum Gasteiger partial charge on any atom is 0.221 e. The molecular formula is C15H22BrFN2O. The van der Waals surface area contributed by atoms with Gasteiger partial charge in [-0.3, -0.25) is 4.79 Å². The van der Waals surface area contributed by atoms with E-state index in [1.54, 1.807) is 12.1 Å². The van der Waals surface area contributed by atoms with Crippen LogP contribution >= 0.6 is 15.9 Å². The smallest absolute Gasteiger partial charge is 0.221 e. The summed E-state index contributed by atoms with van der Waals surface area (Å²) >= 11 is 3.33. The molecule has 0 spiro atoms. The maximum atomic E-state index is 13.7. The number of halogens is 2.